The van der Waals surface area contributed by atoms with E-state index in [1.165, 1.54) is 0 Å². The fraction of sp³-hybridized carbons (Fsp3) is 0.606. The lowest BCUT2D eigenvalue weighted by atomic mass is 9.90. The van der Waals surface area contributed by atoms with Gasteiger partial charge in [-0.2, -0.15) is 0 Å². The van der Waals surface area contributed by atoms with E-state index in [2.05, 4.69) is 0 Å². The third kappa shape index (κ3) is 11.4. The zero-order valence-corrected chi connectivity index (χ0v) is 30.2. The lowest BCUT2D eigenvalue weighted by Gasteiger charge is -2.56. The first-order valence-corrected chi connectivity index (χ1v) is 16.7. The summed E-state index contributed by atoms with van der Waals surface area (Å²) < 4.78 is 44.7. The number of ether oxygens (including phenoxy) is 8. The molecule has 0 saturated carbocycles. The second-order valence-corrected chi connectivity index (χ2v) is 13.0. The highest BCUT2D eigenvalue weighted by molar-refractivity contribution is 7.99. The van der Waals surface area contributed by atoms with Crippen molar-refractivity contribution in [3.8, 4) is 0 Å². The number of aryl methyl sites for hydroxylation is 1. The molecule has 282 valence electrons. The predicted molar refractivity (Wildman–Crippen MR) is 170 cm³/mol. The topological polar surface area (TPSA) is 220 Å². The molecule has 0 spiro atoms. The second kappa shape index (κ2) is 18.3. The first kappa shape index (κ1) is 41.2. The van der Waals surface area contributed by atoms with E-state index in [9.17, 15) is 38.7 Å². The Kier molecular flexibility index (Phi) is 14.8. The van der Waals surface area contributed by atoms with E-state index >= 15 is 0 Å². The smallest absolute Gasteiger partial charge is 0.303 e. The van der Waals surface area contributed by atoms with Crippen LogP contribution >= 0.6 is 11.8 Å². The van der Waals surface area contributed by atoms with Crippen LogP contribution in [0, 0.1) is 6.92 Å². The number of benzene rings is 1. The number of carbonyl (C=O) groups excluding carboxylic acids is 7. The van der Waals surface area contributed by atoms with Gasteiger partial charge in [0.15, 0.2) is 24.4 Å². The summed E-state index contributed by atoms with van der Waals surface area (Å²) in [5, 5.41) is 14.1. The highest BCUT2D eigenvalue weighted by atomic mass is 32.2. The quantitative estimate of drug-likeness (QED) is 0.208. The fourth-order valence-electron chi connectivity index (χ4n) is 5.82. The molecule has 2 aliphatic heterocycles. The van der Waals surface area contributed by atoms with Crippen LogP contribution in [0.25, 0.3) is 0 Å². The Morgan fingerprint density at radius 2 is 1.04 bits per heavy atom. The summed E-state index contributed by atoms with van der Waals surface area (Å²) in [4.78, 5) is 88.9. The minimum absolute atomic E-state index is 0.470. The zero-order valence-electron chi connectivity index (χ0n) is 29.4. The molecule has 0 N–H and O–H groups in total. The Morgan fingerprint density at radius 3 is 1.45 bits per heavy atom. The highest BCUT2D eigenvalue weighted by Gasteiger charge is 2.58. The molecule has 1 aromatic rings. The molecule has 18 heteroatoms. The molecular weight excluding hydrogens is 698 g/mol. The maximum atomic E-state index is 14.1. The lowest BCUT2D eigenvalue weighted by Crippen LogP contribution is -2.75. The molecule has 2 heterocycles. The van der Waals surface area contributed by atoms with Gasteiger partial charge in [-0.1, -0.05) is 29.5 Å². The molecule has 2 aliphatic rings. The van der Waals surface area contributed by atoms with Gasteiger partial charge in [-0.25, -0.2) is 0 Å². The number of carbonyl (C=O) groups is 7. The van der Waals surface area contributed by atoms with E-state index in [1.807, 2.05) is 6.92 Å². The number of thioether (sulfide) groups is 1. The first-order chi connectivity index (χ1) is 23.9. The van der Waals surface area contributed by atoms with E-state index in [1.54, 1.807) is 24.3 Å². The van der Waals surface area contributed by atoms with E-state index < -0.39 is 115 Å². The molecule has 1 aromatic carbocycles. The number of nitrogens with zero attached hydrogens (tertiary/aromatic N) is 1. The molecule has 3 rings (SSSR count). The van der Waals surface area contributed by atoms with Gasteiger partial charge in [0.05, 0.1) is 6.04 Å². The van der Waals surface area contributed by atoms with E-state index in [0.29, 0.717) is 4.90 Å². The number of amides is 1. The van der Waals surface area contributed by atoms with Gasteiger partial charge in [0, 0.05) is 59.7 Å². The fourth-order valence-corrected chi connectivity index (χ4v) is 7.01. The van der Waals surface area contributed by atoms with Crippen molar-refractivity contribution in [3.05, 3.63) is 29.8 Å². The van der Waals surface area contributed by atoms with Crippen LogP contribution in [0.5, 0.6) is 0 Å². The molecular formula is C33H42NO16S-. The summed E-state index contributed by atoms with van der Waals surface area (Å²) >= 11 is 1.04. The van der Waals surface area contributed by atoms with Crippen molar-refractivity contribution >= 4 is 53.5 Å². The minimum atomic E-state index is -2.26. The summed E-state index contributed by atoms with van der Waals surface area (Å²) in [6.45, 7) is 8.33. The summed E-state index contributed by atoms with van der Waals surface area (Å²) in [5.74, 6) is -5.85. The van der Waals surface area contributed by atoms with Crippen LogP contribution in [-0.4, -0.2) is 120 Å². The summed E-state index contributed by atoms with van der Waals surface area (Å²) in [6.07, 6.45) is -11.4. The molecule has 1 amide bonds. The molecule has 51 heavy (non-hydrogen) atoms. The highest BCUT2D eigenvalue weighted by Crippen LogP contribution is 2.41. The van der Waals surface area contributed by atoms with Crippen molar-refractivity contribution < 1.29 is 76.6 Å². The van der Waals surface area contributed by atoms with Crippen LogP contribution in [0.3, 0.4) is 0 Å². The molecule has 17 nitrogen and oxygen atoms in total. The van der Waals surface area contributed by atoms with Crippen LogP contribution in [0.15, 0.2) is 29.2 Å². The summed E-state index contributed by atoms with van der Waals surface area (Å²) in [6, 6.07) is 3.77. The monoisotopic (exact) mass is 740 g/mol. The molecule has 10 atom stereocenters. The van der Waals surface area contributed by atoms with Gasteiger partial charge in [0.1, 0.15) is 36.9 Å². The van der Waals surface area contributed by atoms with Crippen molar-refractivity contribution in [1.82, 2.24) is 4.90 Å². The van der Waals surface area contributed by atoms with Gasteiger partial charge in [-0.05, 0) is 19.1 Å². The number of hydrogen-bond acceptors (Lipinski definition) is 17. The molecule has 0 unspecified atom stereocenters. The van der Waals surface area contributed by atoms with Gasteiger partial charge < -0.3 is 47.9 Å². The average molecular weight is 741 g/mol. The summed E-state index contributed by atoms with van der Waals surface area (Å²) in [7, 11) is 0. The standard InChI is InChI=1S/C33H42NO16S/c1-15-9-11-23(12-10-15)51-33-27(31(48-22(8)41)29(46-20(6)39)25(50-33)14-44-18(4)37)34(16(2)35)26-30(47-21(7)40)28(45-19(5)38)24(49-32(26)42)13-43-17(3)36/h9-12,24-33H,13-14H2,1-8H3/q-1/t24-,25-,26-,27+,28-,29-,30-,31-,32-,33-/m1/s1. The average Bonchev–Trinajstić information content (AvgIpc) is 3.00. The third-order valence-electron chi connectivity index (χ3n) is 7.62. The van der Waals surface area contributed by atoms with Crippen molar-refractivity contribution in [2.45, 2.75) is 121 Å². The first-order valence-electron chi connectivity index (χ1n) is 15.8. The molecule has 0 bridgehead atoms. The van der Waals surface area contributed by atoms with Crippen LogP contribution in [0.1, 0.15) is 54.0 Å². The maximum absolute atomic E-state index is 14.1. The Balaban J connectivity index is 2.29. The van der Waals surface area contributed by atoms with Crippen molar-refractivity contribution in [1.29, 1.82) is 0 Å². The Hall–Kier alpha value is -4.26. The molecule has 0 radical (unpaired) electrons. The molecule has 2 saturated heterocycles. The second-order valence-electron chi connectivity index (χ2n) is 11.8. The minimum Gasteiger partial charge on any atom is -0.829 e. The van der Waals surface area contributed by atoms with Gasteiger partial charge in [-0.3, -0.25) is 33.6 Å². The van der Waals surface area contributed by atoms with Crippen LogP contribution in [0.4, 0.5) is 0 Å². The van der Waals surface area contributed by atoms with Crippen molar-refractivity contribution in [3.63, 3.8) is 0 Å². The molecule has 2 fully saturated rings. The zero-order chi connectivity index (χ0) is 38.2. The van der Waals surface area contributed by atoms with E-state index in [0.717, 1.165) is 70.7 Å². The lowest BCUT2D eigenvalue weighted by molar-refractivity contribution is -0.526. The Labute approximate surface area is 298 Å². The van der Waals surface area contributed by atoms with Crippen molar-refractivity contribution in [2.75, 3.05) is 13.2 Å². The van der Waals surface area contributed by atoms with E-state index in [-0.39, 0.29) is 0 Å². The largest absolute Gasteiger partial charge is 0.829 e. The Morgan fingerprint density at radius 1 is 0.627 bits per heavy atom. The summed E-state index contributed by atoms with van der Waals surface area (Å²) in [5.41, 5.74) is -0.340. The van der Waals surface area contributed by atoms with Gasteiger partial charge in [0.25, 0.3) is 0 Å². The van der Waals surface area contributed by atoms with Crippen LogP contribution in [0.2, 0.25) is 0 Å². The number of hydrogen-bond donors (Lipinski definition) is 0. The normalized spacial score (nSPS) is 28.7. The Bertz CT molecular complexity index is 1450. The molecule has 0 aromatic heterocycles. The maximum Gasteiger partial charge on any atom is 0.303 e. The van der Waals surface area contributed by atoms with Gasteiger partial charge >= 0.3 is 35.8 Å². The SMILES string of the molecule is CC(=O)OC[C@H]1O[C@@H]([O-])[C@H](N(C(C)=O)[C@H]2[C@@H](OC(C)=O)[C@H](OC(C)=O)[C@@H](COC(C)=O)O[C@@H]2Sc2ccc(C)cc2)[C@@H](OC(C)=O)[C@@H]1OC(C)=O. The van der Waals surface area contributed by atoms with Gasteiger partial charge in [0.2, 0.25) is 5.91 Å². The van der Waals surface area contributed by atoms with E-state index in [4.69, 9.17) is 37.9 Å². The number of rotatable bonds is 12. The van der Waals surface area contributed by atoms with Crippen LogP contribution in [-0.2, 0) is 71.5 Å². The van der Waals surface area contributed by atoms with Crippen LogP contribution < -0.4 is 5.11 Å². The van der Waals surface area contributed by atoms with Crippen molar-refractivity contribution in [2.24, 2.45) is 0 Å². The van der Waals surface area contributed by atoms with Gasteiger partial charge in [-0.15, -0.1) is 0 Å². The number of esters is 6. The predicted octanol–water partition coefficient (Wildman–Crippen LogP) is 0.336. The molecule has 0 aliphatic carbocycles. The third-order valence-corrected chi connectivity index (χ3v) is 8.78.